The van der Waals surface area contributed by atoms with E-state index in [9.17, 15) is 10.1 Å². The minimum Gasteiger partial charge on any atom is -0.333 e. The number of fused-ring (bicyclic) bond motifs is 1. The zero-order chi connectivity index (χ0) is 25.4. The molecule has 2 heterocycles. The van der Waals surface area contributed by atoms with Gasteiger partial charge in [0, 0.05) is 52.8 Å². The molecule has 3 aromatic carbocycles. The van der Waals surface area contributed by atoms with Crippen LogP contribution in [-0.4, -0.2) is 22.5 Å². The molecule has 4 aromatic rings. The number of nitriles is 1. The van der Waals surface area contributed by atoms with E-state index in [1.54, 1.807) is 24.7 Å². The first kappa shape index (κ1) is 24.0. The fourth-order valence-corrected chi connectivity index (χ4v) is 5.20. The van der Waals surface area contributed by atoms with Crippen LogP contribution in [0.25, 0.3) is 11.1 Å². The van der Waals surface area contributed by atoms with Gasteiger partial charge in [0.1, 0.15) is 11.3 Å². The van der Waals surface area contributed by atoms with Crippen LogP contribution in [0, 0.1) is 11.3 Å². The van der Waals surface area contributed by atoms with Crippen molar-refractivity contribution in [3.8, 4) is 6.07 Å². The molecule has 7 heteroatoms. The van der Waals surface area contributed by atoms with Crippen molar-refractivity contribution >= 4 is 51.6 Å². The Hall–Kier alpha value is -3.69. The third-order valence-electron chi connectivity index (χ3n) is 6.74. The van der Waals surface area contributed by atoms with Crippen molar-refractivity contribution in [1.82, 2.24) is 14.0 Å². The first-order valence-electron chi connectivity index (χ1n) is 11.5. The highest BCUT2D eigenvalue weighted by Gasteiger charge is 2.48. The largest absolute Gasteiger partial charge is 0.358 e. The molecule has 0 N–H and O–H groups in total. The number of aryl methyl sites for hydroxylation is 2. The van der Waals surface area contributed by atoms with Crippen LogP contribution in [0.15, 0.2) is 79.3 Å². The molecule has 1 unspecified atom stereocenters. The van der Waals surface area contributed by atoms with Crippen LogP contribution in [0.1, 0.15) is 28.8 Å². The van der Waals surface area contributed by atoms with Gasteiger partial charge in [-0.3, -0.25) is 0 Å². The average molecular weight is 514 g/mol. The van der Waals surface area contributed by atoms with E-state index in [0.29, 0.717) is 34.2 Å². The van der Waals surface area contributed by atoms with Gasteiger partial charge in [-0.2, -0.15) is 9.74 Å². The third kappa shape index (κ3) is 3.94. The van der Waals surface area contributed by atoms with Gasteiger partial charge in [0.15, 0.2) is 5.69 Å². The van der Waals surface area contributed by atoms with E-state index >= 15 is 0 Å². The van der Waals surface area contributed by atoms with Gasteiger partial charge in [0.05, 0.1) is 31.3 Å². The highest BCUT2D eigenvalue weighted by atomic mass is 35.5. The van der Waals surface area contributed by atoms with Crippen LogP contribution in [0.4, 0.5) is 11.4 Å². The number of imidazole rings is 1. The summed E-state index contributed by atoms with van der Waals surface area (Å²) in [5.74, 6) is -0.0897. The summed E-state index contributed by atoms with van der Waals surface area (Å²) in [6.45, 7) is 0. The molecule has 0 radical (unpaired) electrons. The van der Waals surface area contributed by atoms with Crippen molar-refractivity contribution in [2.45, 2.75) is 12.8 Å². The maximum Gasteiger partial charge on any atom is 0.358 e. The lowest BCUT2D eigenvalue weighted by molar-refractivity contribution is -0.120. The minimum absolute atomic E-state index is 0.0738. The number of hydrogen-bond acceptors (Lipinski definition) is 3. The van der Waals surface area contributed by atoms with E-state index in [0.717, 1.165) is 33.6 Å². The van der Waals surface area contributed by atoms with Crippen LogP contribution in [0.5, 0.6) is 0 Å². The lowest BCUT2D eigenvalue weighted by Gasteiger charge is -2.37. The zero-order valence-corrected chi connectivity index (χ0v) is 21.4. The summed E-state index contributed by atoms with van der Waals surface area (Å²) >= 11 is 12.6. The van der Waals surface area contributed by atoms with Crippen LogP contribution in [-0.2, 0) is 18.3 Å². The molecule has 0 spiro atoms. The normalized spacial score (nSPS) is 17.1. The number of rotatable bonds is 5. The van der Waals surface area contributed by atoms with E-state index < -0.39 is 0 Å². The molecule has 36 heavy (non-hydrogen) atoms. The second-order valence-corrected chi connectivity index (χ2v) is 9.82. The predicted molar refractivity (Wildman–Crippen MR) is 145 cm³/mol. The molecule has 0 fully saturated rings. The van der Waals surface area contributed by atoms with Crippen LogP contribution in [0.2, 0.25) is 10.0 Å². The van der Waals surface area contributed by atoms with Crippen molar-refractivity contribution in [2.24, 2.45) is 7.05 Å². The fourth-order valence-electron chi connectivity index (χ4n) is 4.88. The Balaban J connectivity index is 1.90. The molecule has 1 aliphatic rings. The quantitative estimate of drug-likeness (QED) is 0.271. The molecular formula is C29H23Cl2N4O+. The van der Waals surface area contributed by atoms with Gasteiger partial charge in [-0.1, -0.05) is 41.4 Å². The molecule has 1 amide bonds. The molecule has 178 valence electrons. The number of benzene rings is 3. The van der Waals surface area contributed by atoms with Gasteiger partial charge >= 0.3 is 5.91 Å². The van der Waals surface area contributed by atoms with E-state index in [1.165, 1.54) is 0 Å². The Morgan fingerprint density at radius 3 is 2.44 bits per heavy atom. The molecule has 0 bridgehead atoms. The highest BCUT2D eigenvalue weighted by Crippen LogP contribution is 2.50. The second-order valence-electron chi connectivity index (χ2n) is 8.95. The van der Waals surface area contributed by atoms with Crippen LogP contribution in [0.3, 0.4) is 0 Å². The summed E-state index contributed by atoms with van der Waals surface area (Å²) in [7, 11) is 3.79. The molecule has 0 saturated heterocycles. The van der Waals surface area contributed by atoms with Gasteiger partial charge < -0.3 is 4.57 Å². The number of quaternary nitrogens is 1. The van der Waals surface area contributed by atoms with E-state index in [2.05, 4.69) is 17.1 Å². The Morgan fingerprint density at radius 2 is 1.78 bits per heavy atom. The molecular weight excluding hydrogens is 491 g/mol. The SMILES string of the molecule is Cn1cncc1C1=C(c2cccc(Cl)c2)c2cc(CCC#N)ccc2[N+](C)(c2ccc(Cl)cc2)C1=O. The minimum atomic E-state index is -0.0897. The summed E-state index contributed by atoms with van der Waals surface area (Å²) in [6, 6.07) is 23.2. The van der Waals surface area contributed by atoms with Crippen LogP contribution < -0.4 is 4.48 Å². The maximum absolute atomic E-state index is 14.6. The summed E-state index contributed by atoms with van der Waals surface area (Å²) in [6.07, 6.45) is 4.43. The maximum atomic E-state index is 14.6. The Labute approximate surface area is 220 Å². The van der Waals surface area contributed by atoms with Crippen molar-refractivity contribution in [3.63, 3.8) is 0 Å². The number of carbonyl (C=O) groups is 1. The fraction of sp³-hybridized carbons (Fsp3) is 0.138. The van der Waals surface area contributed by atoms with Crippen molar-refractivity contribution in [2.75, 3.05) is 7.05 Å². The number of aromatic nitrogens is 2. The van der Waals surface area contributed by atoms with E-state index in [-0.39, 0.29) is 10.4 Å². The topological polar surface area (TPSA) is 58.7 Å². The Kier molecular flexibility index (Phi) is 6.27. The standard InChI is InChI=1S/C29H23Cl2N4O/c1-34-18-33-17-25(34)28-27(20-6-3-7-22(31)16-20)24-15-19(5-4-14-32)8-13-26(24)35(2,29(28)36)23-11-9-21(30)10-12-23/h3,6-13,15-18H,4-5H2,1-2H3/q+1. The Morgan fingerprint density at radius 1 is 1.00 bits per heavy atom. The molecule has 0 aliphatic carbocycles. The first-order valence-corrected chi connectivity index (χ1v) is 12.3. The molecule has 5 nitrogen and oxygen atoms in total. The number of likely N-dealkylation sites (N-methyl/N-ethyl adjacent to an activating group) is 1. The van der Waals surface area contributed by atoms with Gasteiger partial charge in [-0.15, -0.1) is 0 Å². The monoisotopic (exact) mass is 513 g/mol. The summed E-state index contributed by atoms with van der Waals surface area (Å²) in [4.78, 5) is 18.9. The van der Waals surface area contributed by atoms with E-state index in [1.807, 2.05) is 67.2 Å². The first-order chi connectivity index (χ1) is 17.3. The number of nitrogens with zero attached hydrogens (tertiary/aromatic N) is 4. The molecule has 5 rings (SSSR count). The average Bonchev–Trinajstić information content (AvgIpc) is 3.30. The van der Waals surface area contributed by atoms with Crippen LogP contribution >= 0.6 is 23.2 Å². The lowest BCUT2D eigenvalue weighted by atomic mass is 9.84. The number of amides is 1. The smallest absolute Gasteiger partial charge is 0.333 e. The molecule has 1 aliphatic heterocycles. The van der Waals surface area contributed by atoms with Gasteiger partial charge in [0.2, 0.25) is 0 Å². The van der Waals surface area contributed by atoms with Gasteiger partial charge in [-0.05, 0) is 47.9 Å². The molecule has 0 saturated carbocycles. The number of halogens is 2. The zero-order valence-electron chi connectivity index (χ0n) is 19.9. The second kappa shape index (κ2) is 9.40. The van der Waals surface area contributed by atoms with Gasteiger partial charge in [0.25, 0.3) is 0 Å². The van der Waals surface area contributed by atoms with Crippen molar-refractivity contribution < 1.29 is 4.79 Å². The Bertz CT molecular complexity index is 1560. The molecule has 1 atom stereocenters. The third-order valence-corrected chi connectivity index (χ3v) is 7.22. The van der Waals surface area contributed by atoms with Crippen molar-refractivity contribution in [1.29, 1.82) is 5.26 Å². The van der Waals surface area contributed by atoms with E-state index in [4.69, 9.17) is 23.2 Å². The summed E-state index contributed by atoms with van der Waals surface area (Å²) in [5.41, 5.74) is 6.47. The number of hydrogen-bond donors (Lipinski definition) is 0. The van der Waals surface area contributed by atoms with Crippen molar-refractivity contribution in [3.05, 3.63) is 112 Å². The van der Waals surface area contributed by atoms with Gasteiger partial charge in [-0.25, -0.2) is 9.78 Å². The summed E-state index contributed by atoms with van der Waals surface area (Å²) in [5, 5.41) is 10.4. The highest BCUT2D eigenvalue weighted by molar-refractivity contribution is 6.36. The number of carbonyl (C=O) groups excluding carboxylic acids is 1. The summed E-state index contributed by atoms with van der Waals surface area (Å²) < 4.78 is 1.78. The molecule has 1 aromatic heterocycles. The predicted octanol–water partition coefficient (Wildman–Crippen LogP) is 6.95. The lowest BCUT2D eigenvalue weighted by Crippen LogP contribution is -2.49.